The molecule has 0 saturated heterocycles. The first kappa shape index (κ1) is 20.0. The summed E-state index contributed by atoms with van der Waals surface area (Å²) in [5.74, 6) is 1.06. The lowest BCUT2D eigenvalue weighted by Crippen LogP contribution is -2.12. The average Bonchev–Trinajstić information content (AvgIpc) is 3.29. The zero-order valence-electron chi connectivity index (χ0n) is 16.9. The smallest absolute Gasteiger partial charge is 0.225 e. The number of aromatic nitrogens is 4. The number of anilines is 1. The zero-order chi connectivity index (χ0) is 21.4. The summed E-state index contributed by atoms with van der Waals surface area (Å²) in [6, 6.07) is 10.2. The van der Waals surface area contributed by atoms with Gasteiger partial charge in [-0.15, -0.1) is 21.5 Å². The molecular weight excluding hydrogens is 428 g/mol. The van der Waals surface area contributed by atoms with Crippen LogP contribution in [0.25, 0.3) is 22.1 Å². The van der Waals surface area contributed by atoms with Gasteiger partial charge in [-0.3, -0.25) is 4.79 Å². The Morgan fingerprint density at radius 2 is 2.26 bits per heavy atom. The van der Waals surface area contributed by atoms with Crippen molar-refractivity contribution in [3.8, 4) is 6.07 Å². The maximum Gasteiger partial charge on any atom is 0.225 e. The van der Waals surface area contributed by atoms with Gasteiger partial charge < -0.3 is 10.3 Å². The van der Waals surface area contributed by atoms with Gasteiger partial charge in [-0.1, -0.05) is 36.9 Å². The van der Waals surface area contributed by atoms with E-state index in [4.69, 9.17) is 0 Å². The summed E-state index contributed by atoms with van der Waals surface area (Å²) in [6.07, 6.45) is 3.31. The van der Waals surface area contributed by atoms with E-state index in [9.17, 15) is 10.1 Å². The molecule has 0 fully saturated rings. The fourth-order valence-electron chi connectivity index (χ4n) is 3.95. The van der Waals surface area contributed by atoms with Gasteiger partial charge in [0.25, 0.3) is 0 Å². The second kappa shape index (κ2) is 8.29. The molecule has 1 aliphatic carbocycles. The molecule has 1 aromatic carbocycles. The van der Waals surface area contributed by atoms with Crippen molar-refractivity contribution in [2.24, 2.45) is 5.92 Å². The van der Waals surface area contributed by atoms with Crippen LogP contribution in [-0.2, 0) is 17.6 Å². The second-order valence-corrected chi connectivity index (χ2v) is 9.94. The Hall–Kier alpha value is -2.96. The van der Waals surface area contributed by atoms with Crippen molar-refractivity contribution in [3.63, 3.8) is 0 Å². The first-order valence-electron chi connectivity index (χ1n) is 10.2. The van der Waals surface area contributed by atoms with Crippen LogP contribution in [0.2, 0.25) is 0 Å². The van der Waals surface area contributed by atoms with Gasteiger partial charge in [0.05, 0.1) is 5.56 Å². The summed E-state index contributed by atoms with van der Waals surface area (Å²) in [7, 11) is 0. The number of fused-ring (bicyclic) bond motifs is 4. The van der Waals surface area contributed by atoms with E-state index in [0.717, 1.165) is 41.2 Å². The Morgan fingerprint density at radius 3 is 3.13 bits per heavy atom. The second-order valence-electron chi connectivity index (χ2n) is 7.78. The summed E-state index contributed by atoms with van der Waals surface area (Å²) in [5, 5.41) is 23.2. The van der Waals surface area contributed by atoms with Gasteiger partial charge in [0.15, 0.2) is 5.65 Å². The highest BCUT2D eigenvalue weighted by Crippen LogP contribution is 2.39. The molecule has 31 heavy (non-hydrogen) atoms. The summed E-state index contributed by atoms with van der Waals surface area (Å²) < 4.78 is 0. The van der Waals surface area contributed by atoms with Crippen LogP contribution in [0.5, 0.6) is 0 Å². The standard InChI is InChI=1S/C22H20N6OS2/c1-12-6-7-13-15(11-23)21(31-17(13)10-12)25-18(29)8-9-30-22-26-20-19(27-28-22)14-4-2-3-5-16(14)24-20/h2-5,12H,6-10H2,1H3,(H,25,29)(H,24,26,28). The van der Waals surface area contributed by atoms with E-state index in [1.807, 2.05) is 24.3 Å². The molecule has 1 atom stereocenters. The number of carbonyl (C=O) groups is 1. The van der Waals surface area contributed by atoms with E-state index in [1.165, 1.54) is 16.6 Å². The molecule has 0 aliphatic heterocycles. The van der Waals surface area contributed by atoms with E-state index in [2.05, 4.69) is 38.5 Å². The van der Waals surface area contributed by atoms with Crippen molar-refractivity contribution >= 4 is 56.1 Å². The van der Waals surface area contributed by atoms with Gasteiger partial charge in [0.1, 0.15) is 16.6 Å². The minimum Gasteiger partial charge on any atom is -0.338 e. The van der Waals surface area contributed by atoms with Crippen LogP contribution in [0.3, 0.4) is 0 Å². The molecular formula is C22H20N6OS2. The third-order valence-corrected chi connectivity index (χ3v) is 7.55. The summed E-state index contributed by atoms with van der Waals surface area (Å²) in [4.78, 5) is 21.5. The van der Waals surface area contributed by atoms with Gasteiger partial charge in [0, 0.05) is 28.0 Å². The molecule has 2 N–H and O–H groups in total. The molecule has 7 nitrogen and oxygen atoms in total. The number of hydrogen-bond donors (Lipinski definition) is 2. The van der Waals surface area contributed by atoms with Crippen LogP contribution in [0, 0.1) is 17.2 Å². The number of para-hydroxylation sites is 1. The number of aromatic amines is 1. The number of nitrogens with one attached hydrogen (secondary N) is 2. The third-order valence-electron chi connectivity index (χ3n) is 5.54. The minimum absolute atomic E-state index is 0.102. The van der Waals surface area contributed by atoms with Crippen molar-refractivity contribution in [2.45, 2.75) is 37.8 Å². The molecule has 9 heteroatoms. The summed E-state index contributed by atoms with van der Waals surface area (Å²) in [5.41, 5.74) is 4.19. The summed E-state index contributed by atoms with van der Waals surface area (Å²) in [6.45, 7) is 2.23. The van der Waals surface area contributed by atoms with Crippen LogP contribution in [-0.4, -0.2) is 31.8 Å². The number of carbonyl (C=O) groups excluding carboxylic acids is 1. The predicted octanol–water partition coefficient (Wildman–Crippen LogP) is 4.68. The fraction of sp³-hybridized carbons (Fsp3) is 0.318. The fourth-order valence-corrected chi connectivity index (χ4v) is 6.05. The van der Waals surface area contributed by atoms with Crippen molar-refractivity contribution in [1.29, 1.82) is 5.26 Å². The molecule has 0 saturated carbocycles. The van der Waals surface area contributed by atoms with Crippen LogP contribution in [0.15, 0.2) is 29.4 Å². The number of H-pyrrole nitrogens is 1. The van der Waals surface area contributed by atoms with E-state index in [1.54, 1.807) is 11.3 Å². The average molecular weight is 449 g/mol. The van der Waals surface area contributed by atoms with Gasteiger partial charge in [-0.25, -0.2) is 4.98 Å². The molecule has 0 radical (unpaired) electrons. The van der Waals surface area contributed by atoms with E-state index < -0.39 is 0 Å². The van der Waals surface area contributed by atoms with Gasteiger partial charge >= 0.3 is 0 Å². The molecule has 4 aromatic rings. The molecule has 1 unspecified atom stereocenters. The SMILES string of the molecule is CC1CCc2c(sc(NC(=O)CCSc3nnc4c(n3)[nH]c3ccccc34)c2C#N)C1. The maximum absolute atomic E-state index is 12.5. The Balaban J connectivity index is 1.22. The van der Waals surface area contributed by atoms with Crippen molar-refractivity contribution in [1.82, 2.24) is 20.2 Å². The number of nitrogens with zero attached hydrogens (tertiary/aromatic N) is 4. The molecule has 3 aromatic heterocycles. The lowest BCUT2D eigenvalue weighted by Gasteiger charge is -2.17. The molecule has 3 heterocycles. The monoisotopic (exact) mass is 448 g/mol. The van der Waals surface area contributed by atoms with Crippen LogP contribution >= 0.6 is 23.1 Å². The minimum atomic E-state index is -0.102. The van der Waals surface area contributed by atoms with Crippen molar-refractivity contribution in [2.75, 3.05) is 11.1 Å². The highest BCUT2D eigenvalue weighted by molar-refractivity contribution is 7.99. The Morgan fingerprint density at radius 1 is 1.39 bits per heavy atom. The van der Waals surface area contributed by atoms with E-state index in [-0.39, 0.29) is 5.91 Å². The predicted molar refractivity (Wildman–Crippen MR) is 123 cm³/mol. The first-order chi connectivity index (χ1) is 15.1. The number of benzene rings is 1. The summed E-state index contributed by atoms with van der Waals surface area (Å²) >= 11 is 2.95. The Bertz CT molecular complexity index is 1340. The number of amides is 1. The van der Waals surface area contributed by atoms with Gasteiger partial charge in [0.2, 0.25) is 11.1 Å². The molecule has 5 rings (SSSR count). The number of thioether (sulfide) groups is 1. The number of nitriles is 1. The lowest BCUT2D eigenvalue weighted by molar-refractivity contribution is -0.115. The normalized spacial score (nSPS) is 15.7. The quantitative estimate of drug-likeness (QED) is 0.429. The highest BCUT2D eigenvalue weighted by Gasteiger charge is 2.24. The molecule has 1 amide bonds. The number of hydrogen-bond acceptors (Lipinski definition) is 7. The maximum atomic E-state index is 12.5. The lowest BCUT2D eigenvalue weighted by atomic mass is 9.89. The van der Waals surface area contributed by atoms with Gasteiger partial charge in [-0.05, 0) is 36.8 Å². The van der Waals surface area contributed by atoms with Crippen LogP contribution < -0.4 is 5.32 Å². The molecule has 0 bridgehead atoms. The first-order valence-corrected chi connectivity index (χ1v) is 12.0. The molecule has 156 valence electrons. The molecule has 0 spiro atoms. The van der Waals surface area contributed by atoms with E-state index >= 15 is 0 Å². The van der Waals surface area contributed by atoms with Crippen LogP contribution in [0.4, 0.5) is 5.00 Å². The van der Waals surface area contributed by atoms with Crippen molar-refractivity contribution in [3.05, 3.63) is 40.3 Å². The van der Waals surface area contributed by atoms with Crippen molar-refractivity contribution < 1.29 is 4.79 Å². The third kappa shape index (κ3) is 3.89. The largest absolute Gasteiger partial charge is 0.338 e. The van der Waals surface area contributed by atoms with Crippen LogP contribution in [0.1, 0.15) is 35.8 Å². The highest BCUT2D eigenvalue weighted by atomic mass is 32.2. The number of thiophene rings is 1. The Kier molecular flexibility index (Phi) is 5.34. The Labute approximate surface area is 187 Å². The van der Waals surface area contributed by atoms with Gasteiger partial charge in [-0.2, -0.15) is 5.26 Å². The molecule has 1 aliphatic rings. The number of rotatable bonds is 5. The van der Waals surface area contributed by atoms with E-state index in [0.29, 0.717) is 39.5 Å². The topological polar surface area (TPSA) is 107 Å². The zero-order valence-corrected chi connectivity index (χ0v) is 18.6.